The van der Waals surface area contributed by atoms with Crippen molar-refractivity contribution in [1.82, 2.24) is 5.32 Å². The number of amides is 1. The van der Waals surface area contributed by atoms with Crippen molar-refractivity contribution in [2.24, 2.45) is 5.92 Å². The molecule has 3 rings (SSSR count). The Bertz CT molecular complexity index is 918. The molecule has 0 aliphatic carbocycles. The maximum Gasteiger partial charge on any atom is 0.251 e. The Morgan fingerprint density at radius 2 is 1.89 bits per heavy atom. The van der Waals surface area contributed by atoms with E-state index in [4.69, 9.17) is 16.0 Å². The molecule has 4 nitrogen and oxygen atoms in total. The fourth-order valence-corrected chi connectivity index (χ4v) is 2.82. The minimum absolute atomic E-state index is 0.0615. The predicted octanol–water partition coefficient (Wildman–Crippen LogP) is 5.60. The fourth-order valence-electron chi connectivity index (χ4n) is 2.63. The monoisotopic (exact) mass is 382 g/mol. The first-order chi connectivity index (χ1) is 13.0. The van der Waals surface area contributed by atoms with Gasteiger partial charge in [0.15, 0.2) is 0 Å². The van der Waals surface area contributed by atoms with Crippen LogP contribution in [-0.2, 0) is 6.54 Å². The van der Waals surface area contributed by atoms with Gasteiger partial charge in [-0.2, -0.15) is 0 Å². The van der Waals surface area contributed by atoms with E-state index in [0.29, 0.717) is 29.6 Å². The lowest BCUT2D eigenvalue weighted by atomic mass is 10.1. The van der Waals surface area contributed by atoms with Crippen LogP contribution in [0.2, 0.25) is 5.02 Å². The molecule has 27 heavy (non-hydrogen) atoms. The van der Waals surface area contributed by atoms with Gasteiger partial charge in [-0.3, -0.25) is 4.79 Å². The summed E-state index contributed by atoms with van der Waals surface area (Å²) in [5.41, 5.74) is 2.45. The largest absolute Gasteiger partial charge is 0.459 e. The second-order valence-electron chi connectivity index (χ2n) is 6.81. The molecule has 0 radical (unpaired) electrons. The zero-order valence-corrected chi connectivity index (χ0v) is 16.2. The molecule has 1 aromatic heterocycles. The number of rotatable bonds is 7. The van der Waals surface area contributed by atoms with Crippen molar-refractivity contribution in [2.45, 2.75) is 20.4 Å². The molecule has 2 N–H and O–H groups in total. The number of hydrogen-bond acceptors (Lipinski definition) is 3. The molecule has 0 saturated carbocycles. The van der Waals surface area contributed by atoms with E-state index < -0.39 is 0 Å². The van der Waals surface area contributed by atoms with Crippen LogP contribution in [-0.4, -0.2) is 12.5 Å². The zero-order chi connectivity index (χ0) is 19.2. The van der Waals surface area contributed by atoms with Crippen LogP contribution in [0.1, 0.15) is 30.0 Å². The molecule has 0 spiro atoms. The van der Waals surface area contributed by atoms with Gasteiger partial charge in [-0.1, -0.05) is 43.6 Å². The quantitative estimate of drug-likeness (QED) is 0.559. The molecular weight excluding hydrogens is 360 g/mol. The number of nitrogens with one attached hydrogen (secondary N) is 2. The highest BCUT2D eigenvalue weighted by atomic mass is 35.5. The van der Waals surface area contributed by atoms with E-state index >= 15 is 0 Å². The first-order valence-corrected chi connectivity index (χ1v) is 9.36. The Labute approximate surface area is 164 Å². The molecule has 0 unspecified atom stereocenters. The Morgan fingerprint density at radius 1 is 1.07 bits per heavy atom. The van der Waals surface area contributed by atoms with Gasteiger partial charge in [0.1, 0.15) is 11.5 Å². The third-order valence-corrected chi connectivity index (χ3v) is 4.27. The van der Waals surface area contributed by atoms with E-state index in [2.05, 4.69) is 24.5 Å². The summed E-state index contributed by atoms with van der Waals surface area (Å²) in [4.78, 5) is 12.2. The average Bonchev–Trinajstić information content (AvgIpc) is 3.14. The van der Waals surface area contributed by atoms with Crippen molar-refractivity contribution >= 4 is 23.2 Å². The highest BCUT2D eigenvalue weighted by Crippen LogP contribution is 2.25. The number of benzene rings is 2. The lowest BCUT2D eigenvalue weighted by Crippen LogP contribution is -2.27. The van der Waals surface area contributed by atoms with Crippen molar-refractivity contribution in [2.75, 3.05) is 11.9 Å². The Morgan fingerprint density at radius 3 is 2.67 bits per heavy atom. The number of hydrogen-bond donors (Lipinski definition) is 2. The Hall–Kier alpha value is -2.72. The smallest absolute Gasteiger partial charge is 0.251 e. The van der Waals surface area contributed by atoms with Crippen LogP contribution in [0.4, 0.5) is 5.69 Å². The van der Waals surface area contributed by atoms with Crippen LogP contribution in [0, 0.1) is 5.92 Å². The summed E-state index contributed by atoms with van der Waals surface area (Å²) >= 11 is 6.04. The number of anilines is 1. The normalized spacial score (nSPS) is 10.8. The molecule has 140 valence electrons. The highest BCUT2D eigenvalue weighted by molar-refractivity contribution is 6.30. The molecule has 3 aromatic rings. The molecule has 5 heteroatoms. The highest BCUT2D eigenvalue weighted by Gasteiger charge is 2.08. The van der Waals surface area contributed by atoms with Crippen LogP contribution in [0.15, 0.2) is 65.1 Å². The van der Waals surface area contributed by atoms with Gasteiger partial charge < -0.3 is 15.1 Å². The second kappa shape index (κ2) is 8.78. The number of carbonyl (C=O) groups is 1. The minimum Gasteiger partial charge on any atom is -0.459 e. The number of carbonyl (C=O) groups excluding carboxylic acids is 1. The zero-order valence-electron chi connectivity index (χ0n) is 15.5. The van der Waals surface area contributed by atoms with Crippen molar-refractivity contribution < 1.29 is 9.21 Å². The van der Waals surface area contributed by atoms with Crippen LogP contribution in [0.5, 0.6) is 0 Å². The van der Waals surface area contributed by atoms with Gasteiger partial charge in [0.2, 0.25) is 0 Å². The van der Waals surface area contributed by atoms with Gasteiger partial charge in [0.25, 0.3) is 5.91 Å². The van der Waals surface area contributed by atoms with Crippen LogP contribution in [0.3, 0.4) is 0 Å². The third kappa shape index (κ3) is 5.38. The average molecular weight is 383 g/mol. The number of furan rings is 1. The lowest BCUT2D eigenvalue weighted by molar-refractivity contribution is 0.0949. The fraction of sp³-hybridized carbons (Fsp3) is 0.227. The van der Waals surface area contributed by atoms with Crippen molar-refractivity contribution in [3.8, 4) is 11.3 Å². The summed E-state index contributed by atoms with van der Waals surface area (Å²) in [6.07, 6.45) is 0. The van der Waals surface area contributed by atoms with E-state index in [1.807, 2.05) is 60.7 Å². The molecule has 0 aliphatic rings. The minimum atomic E-state index is -0.0615. The molecule has 1 heterocycles. The Kier molecular flexibility index (Phi) is 6.20. The third-order valence-electron chi connectivity index (χ3n) is 4.03. The van der Waals surface area contributed by atoms with Crippen molar-refractivity contribution in [3.05, 3.63) is 77.0 Å². The van der Waals surface area contributed by atoms with Crippen molar-refractivity contribution in [1.29, 1.82) is 0 Å². The van der Waals surface area contributed by atoms with Gasteiger partial charge in [0, 0.05) is 28.4 Å². The summed E-state index contributed by atoms with van der Waals surface area (Å²) in [6.45, 7) is 5.32. The molecule has 0 atom stereocenters. The standard InChI is InChI=1S/C22H23ClN2O2/c1-15(2)13-25-22(26)17-6-4-8-19(12-17)24-14-20-9-10-21(27-20)16-5-3-7-18(23)11-16/h3-12,15,24H,13-14H2,1-2H3,(H,25,26). The summed E-state index contributed by atoms with van der Waals surface area (Å²) in [5, 5.41) is 6.90. The lowest BCUT2D eigenvalue weighted by Gasteiger charge is -2.09. The number of halogens is 1. The molecule has 2 aromatic carbocycles. The van der Waals surface area contributed by atoms with Crippen LogP contribution >= 0.6 is 11.6 Å². The maximum atomic E-state index is 12.2. The molecule has 1 amide bonds. The van der Waals surface area contributed by atoms with Crippen LogP contribution < -0.4 is 10.6 Å². The van der Waals surface area contributed by atoms with E-state index in [0.717, 1.165) is 22.8 Å². The SMILES string of the molecule is CC(C)CNC(=O)c1cccc(NCc2ccc(-c3cccc(Cl)c3)o2)c1. The van der Waals surface area contributed by atoms with E-state index in [1.165, 1.54) is 0 Å². The van der Waals surface area contributed by atoms with E-state index in [-0.39, 0.29) is 5.91 Å². The summed E-state index contributed by atoms with van der Waals surface area (Å²) < 4.78 is 5.89. The van der Waals surface area contributed by atoms with Gasteiger partial charge in [0.05, 0.1) is 6.54 Å². The first kappa shape index (κ1) is 19.1. The molecule has 0 bridgehead atoms. The summed E-state index contributed by atoms with van der Waals surface area (Å²) in [6, 6.07) is 18.9. The van der Waals surface area contributed by atoms with Crippen LogP contribution in [0.25, 0.3) is 11.3 Å². The molecule has 0 aliphatic heterocycles. The van der Waals surface area contributed by atoms with Gasteiger partial charge >= 0.3 is 0 Å². The topological polar surface area (TPSA) is 54.3 Å². The first-order valence-electron chi connectivity index (χ1n) is 8.98. The van der Waals surface area contributed by atoms with Gasteiger partial charge in [-0.25, -0.2) is 0 Å². The predicted molar refractivity (Wildman–Crippen MR) is 110 cm³/mol. The molecular formula is C22H23ClN2O2. The Balaban J connectivity index is 1.62. The van der Waals surface area contributed by atoms with E-state index in [9.17, 15) is 4.79 Å². The van der Waals surface area contributed by atoms with Crippen molar-refractivity contribution in [3.63, 3.8) is 0 Å². The van der Waals surface area contributed by atoms with E-state index in [1.54, 1.807) is 0 Å². The summed E-state index contributed by atoms with van der Waals surface area (Å²) in [7, 11) is 0. The van der Waals surface area contributed by atoms with Gasteiger partial charge in [-0.15, -0.1) is 0 Å². The molecule has 0 saturated heterocycles. The summed E-state index contributed by atoms with van der Waals surface area (Å²) in [5.74, 6) is 1.94. The molecule has 0 fully saturated rings. The second-order valence-corrected chi connectivity index (χ2v) is 7.25. The van der Waals surface area contributed by atoms with Gasteiger partial charge in [-0.05, 0) is 48.4 Å². The maximum absolute atomic E-state index is 12.2.